The number of nitrogens with zero attached hydrogens (tertiary/aromatic N) is 3. The summed E-state index contributed by atoms with van der Waals surface area (Å²) in [7, 11) is 1.37. The van der Waals surface area contributed by atoms with E-state index in [-0.39, 0.29) is 12.8 Å². The first kappa shape index (κ1) is 17.7. The minimum atomic E-state index is -0.385. The van der Waals surface area contributed by atoms with Gasteiger partial charge in [0.1, 0.15) is 5.69 Å². The molecule has 1 unspecified atom stereocenters. The Labute approximate surface area is 168 Å². The standard InChI is InChI=1S/C22H21N3O4/c1-13-4-3-9-25(13)21-20(14-6-8-18-19(11-14)29-12-28-18)23-16-7-5-15(22(26)27-2)10-17(16)24-21/h5-8,10-11,13H,3-4,9,12H2,1-2H3. The van der Waals surface area contributed by atoms with Crippen molar-refractivity contribution in [3.63, 3.8) is 0 Å². The van der Waals surface area contributed by atoms with E-state index in [0.717, 1.165) is 47.7 Å². The molecule has 0 amide bonds. The number of ether oxygens (including phenoxy) is 3. The van der Waals surface area contributed by atoms with Crippen LogP contribution in [0.5, 0.6) is 11.5 Å². The van der Waals surface area contributed by atoms with E-state index in [9.17, 15) is 4.79 Å². The molecule has 1 fully saturated rings. The molecule has 0 radical (unpaired) electrons. The van der Waals surface area contributed by atoms with Gasteiger partial charge in [0.05, 0.1) is 23.7 Å². The van der Waals surface area contributed by atoms with Crippen LogP contribution in [0.15, 0.2) is 36.4 Å². The number of fused-ring (bicyclic) bond motifs is 2. The predicted octanol–water partition coefficient (Wildman–Crippen LogP) is 3.80. The number of hydrogen-bond donors (Lipinski definition) is 0. The molecule has 0 spiro atoms. The maximum atomic E-state index is 11.9. The van der Waals surface area contributed by atoms with E-state index in [2.05, 4.69) is 11.8 Å². The van der Waals surface area contributed by atoms with Crippen molar-refractivity contribution in [3.8, 4) is 22.8 Å². The van der Waals surface area contributed by atoms with Gasteiger partial charge in [-0.15, -0.1) is 0 Å². The first-order valence-electron chi connectivity index (χ1n) is 9.71. The van der Waals surface area contributed by atoms with Crippen LogP contribution in [-0.2, 0) is 4.74 Å². The van der Waals surface area contributed by atoms with Crippen LogP contribution in [0.2, 0.25) is 0 Å². The van der Waals surface area contributed by atoms with E-state index in [1.165, 1.54) is 7.11 Å². The number of carbonyl (C=O) groups is 1. The van der Waals surface area contributed by atoms with Crippen LogP contribution in [0.4, 0.5) is 5.82 Å². The highest BCUT2D eigenvalue weighted by Crippen LogP contribution is 2.39. The molecule has 29 heavy (non-hydrogen) atoms. The average molecular weight is 391 g/mol. The van der Waals surface area contributed by atoms with Gasteiger partial charge in [0, 0.05) is 18.2 Å². The Morgan fingerprint density at radius 2 is 1.97 bits per heavy atom. The lowest BCUT2D eigenvalue weighted by Crippen LogP contribution is -2.28. The number of esters is 1. The number of anilines is 1. The minimum absolute atomic E-state index is 0.231. The molecular formula is C22H21N3O4. The molecule has 1 atom stereocenters. The largest absolute Gasteiger partial charge is 0.465 e. The normalized spacial score (nSPS) is 17.7. The molecule has 7 heteroatoms. The fraction of sp³-hybridized carbons (Fsp3) is 0.318. The highest BCUT2D eigenvalue weighted by Gasteiger charge is 2.27. The lowest BCUT2D eigenvalue weighted by Gasteiger charge is -2.25. The predicted molar refractivity (Wildman–Crippen MR) is 108 cm³/mol. The van der Waals surface area contributed by atoms with E-state index in [1.807, 2.05) is 24.3 Å². The van der Waals surface area contributed by atoms with Gasteiger partial charge in [-0.25, -0.2) is 14.8 Å². The Morgan fingerprint density at radius 3 is 2.76 bits per heavy atom. The zero-order valence-electron chi connectivity index (χ0n) is 16.3. The molecule has 2 aliphatic rings. The molecule has 0 saturated carbocycles. The van der Waals surface area contributed by atoms with Crippen molar-refractivity contribution in [2.45, 2.75) is 25.8 Å². The molecule has 0 bridgehead atoms. The lowest BCUT2D eigenvalue weighted by molar-refractivity contribution is 0.0601. The molecular weight excluding hydrogens is 370 g/mol. The lowest BCUT2D eigenvalue weighted by atomic mass is 10.1. The van der Waals surface area contributed by atoms with Crippen LogP contribution < -0.4 is 14.4 Å². The second kappa shape index (κ2) is 6.92. The van der Waals surface area contributed by atoms with Crippen LogP contribution in [0.25, 0.3) is 22.3 Å². The van der Waals surface area contributed by atoms with Gasteiger partial charge in [0.2, 0.25) is 6.79 Å². The highest BCUT2D eigenvalue weighted by atomic mass is 16.7. The maximum absolute atomic E-state index is 11.9. The summed E-state index contributed by atoms with van der Waals surface area (Å²) >= 11 is 0. The second-order valence-electron chi connectivity index (χ2n) is 7.34. The monoisotopic (exact) mass is 391 g/mol. The summed E-state index contributed by atoms with van der Waals surface area (Å²) in [4.78, 5) is 24.1. The van der Waals surface area contributed by atoms with Crippen molar-refractivity contribution in [2.75, 3.05) is 25.3 Å². The van der Waals surface area contributed by atoms with Gasteiger partial charge in [-0.3, -0.25) is 0 Å². The number of carbonyl (C=O) groups excluding carboxylic acids is 1. The first-order valence-corrected chi connectivity index (χ1v) is 9.71. The average Bonchev–Trinajstić information content (AvgIpc) is 3.39. The van der Waals surface area contributed by atoms with Gasteiger partial charge >= 0.3 is 5.97 Å². The van der Waals surface area contributed by atoms with Crippen LogP contribution in [0, 0.1) is 0 Å². The molecule has 7 nitrogen and oxygen atoms in total. The Morgan fingerprint density at radius 1 is 1.10 bits per heavy atom. The Hall–Kier alpha value is -3.35. The van der Waals surface area contributed by atoms with Gasteiger partial charge in [0.25, 0.3) is 0 Å². The number of rotatable bonds is 3. The Kier molecular flexibility index (Phi) is 4.23. The van der Waals surface area contributed by atoms with E-state index >= 15 is 0 Å². The molecule has 3 aromatic rings. The molecule has 5 rings (SSSR count). The van der Waals surface area contributed by atoms with Gasteiger partial charge < -0.3 is 19.1 Å². The smallest absolute Gasteiger partial charge is 0.337 e. The van der Waals surface area contributed by atoms with E-state index in [1.54, 1.807) is 12.1 Å². The number of benzene rings is 2. The topological polar surface area (TPSA) is 73.8 Å². The maximum Gasteiger partial charge on any atom is 0.337 e. The second-order valence-corrected chi connectivity index (χ2v) is 7.34. The third kappa shape index (κ3) is 3.03. The fourth-order valence-corrected chi connectivity index (χ4v) is 3.98. The van der Waals surface area contributed by atoms with Crippen molar-refractivity contribution in [1.29, 1.82) is 0 Å². The first-order chi connectivity index (χ1) is 14.1. The number of hydrogen-bond acceptors (Lipinski definition) is 7. The van der Waals surface area contributed by atoms with Gasteiger partial charge in [-0.1, -0.05) is 0 Å². The van der Waals surface area contributed by atoms with E-state index in [0.29, 0.717) is 22.9 Å². The summed E-state index contributed by atoms with van der Waals surface area (Å²) in [5.74, 6) is 1.89. The van der Waals surface area contributed by atoms with Crippen molar-refractivity contribution < 1.29 is 19.0 Å². The Bertz CT molecular complexity index is 1110. The molecule has 2 aliphatic heterocycles. The number of methoxy groups -OCH3 is 1. The van der Waals surface area contributed by atoms with E-state index in [4.69, 9.17) is 24.2 Å². The van der Waals surface area contributed by atoms with Crippen molar-refractivity contribution >= 4 is 22.8 Å². The Balaban J connectivity index is 1.69. The van der Waals surface area contributed by atoms with Crippen LogP contribution in [0.3, 0.4) is 0 Å². The van der Waals surface area contributed by atoms with E-state index < -0.39 is 0 Å². The number of aromatic nitrogens is 2. The molecule has 3 heterocycles. The quantitative estimate of drug-likeness (QED) is 0.629. The molecule has 2 aromatic carbocycles. The zero-order chi connectivity index (χ0) is 20.0. The SMILES string of the molecule is COC(=O)c1ccc2nc(-c3ccc4c(c3)OCO4)c(N3CCCC3C)nc2c1. The van der Waals surface area contributed by atoms with Crippen molar-refractivity contribution in [3.05, 3.63) is 42.0 Å². The van der Waals surface area contributed by atoms with Crippen LogP contribution >= 0.6 is 0 Å². The minimum Gasteiger partial charge on any atom is -0.465 e. The summed E-state index contributed by atoms with van der Waals surface area (Å²) in [5.41, 5.74) is 3.59. The molecule has 148 valence electrons. The van der Waals surface area contributed by atoms with Crippen LogP contribution in [0.1, 0.15) is 30.1 Å². The zero-order valence-corrected chi connectivity index (χ0v) is 16.3. The van der Waals surface area contributed by atoms with Crippen molar-refractivity contribution in [2.24, 2.45) is 0 Å². The van der Waals surface area contributed by atoms with Gasteiger partial charge in [-0.2, -0.15) is 0 Å². The summed E-state index contributed by atoms with van der Waals surface area (Å²) in [6.07, 6.45) is 2.23. The van der Waals surface area contributed by atoms with Crippen molar-refractivity contribution in [1.82, 2.24) is 9.97 Å². The third-order valence-electron chi connectivity index (χ3n) is 5.54. The van der Waals surface area contributed by atoms with Gasteiger partial charge in [0.15, 0.2) is 17.3 Å². The summed E-state index contributed by atoms with van der Waals surface area (Å²) in [5, 5.41) is 0. The highest BCUT2D eigenvalue weighted by molar-refractivity contribution is 5.94. The molecule has 1 saturated heterocycles. The third-order valence-corrected chi connectivity index (χ3v) is 5.54. The molecule has 0 aliphatic carbocycles. The fourth-order valence-electron chi connectivity index (χ4n) is 3.98. The summed E-state index contributed by atoms with van der Waals surface area (Å²) in [6.45, 7) is 3.36. The van der Waals surface area contributed by atoms with Gasteiger partial charge in [-0.05, 0) is 56.2 Å². The molecule has 1 aromatic heterocycles. The summed E-state index contributed by atoms with van der Waals surface area (Å²) in [6, 6.07) is 11.5. The van der Waals surface area contributed by atoms with Crippen LogP contribution in [-0.4, -0.2) is 42.4 Å². The summed E-state index contributed by atoms with van der Waals surface area (Å²) < 4.78 is 15.8. The molecule has 0 N–H and O–H groups in total.